The van der Waals surface area contributed by atoms with E-state index in [0.717, 1.165) is 0 Å². The number of alkyl halides is 6. The molecule has 0 spiro atoms. The molecule has 0 aliphatic carbocycles. The molecule has 3 rings (SSSR count). The first-order valence-electron chi connectivity index (χ1n) is 6.68. The number of hydrogen-bond acceptors (Lipinski definition) is 2. The molecule has 0 fully saturated rings. The first-order chi connectivity index (χ1) is 11.1. The molecule has 2 heterocycles. The van der Waals surface area contributed by atoms with Gasteiger partial charge in [0, 0.05) is 11.5 Å². The lowest BCUT2D eigenvalue weighted by molar-refractivity contribution is -0.143. The van der Waals surface area contributed by atoms with Gasteiger partial charge in [-0.15, -0.1) is 0 Å². The summed E-state index contributed by atoms with van der Waals surface area (Å²) in [6.07, 6.45) is -9.99. The second-order valence-electron chi connectivity index (χ2n) is 5.14. The van der Waals surface area contributed by atoms with E-state index < -0.39 is 23.7 Å². The summed E-state index contributed by atoms with van der Waals surface area (Å²) >= 11 is 0. The normalized spacial score (nSPS) is 12.8. The molecule has 0 N–H and O–H groups in total. The smallest absolute Gasteiger partial charge is 0.229 e. The van der Waals surface area contributed by atoms with Crippen LogP contribution in [0.25, 0.3) is 16.7 Å². The third-order valence-electron chi connectivity index (χ3n) is 3.42. The second kappa shape index (κ2) is 5.22. The molecule has 0 bridgehead atoms. The molecule has 0 amide bonds. The van der Waals surface area contributed by atoms with Crippen molar-refractivity contribution in [3.63, 3.8) is 0 Å². The van der Waals surface area contributed by atoms with Crippen molar-refractivity contribution in [2.75, 3.05) is 0 Å². The zero-order chi connectivity index (χ0) is 17.7. The molecule has 0 saturated carbocycles. The van der Waals surface area contributed by atoms with Crippen LogP contribution in [0.1, 0.15) is 17.0 Å². The Bertz CT molecular complexity index is 908. The molecular weight excluding hydrogens is 336 g/mol. The number of halogens is 6. The number of fused-ring (bicyclic) bond motifs is 1. The molecular formula is C15H9F6N3. The van der Waals surface area contributed by atoms with E-state index in [2.05, 4.69) is 10.1 Å². The van der Waals surface area contributed by atoms with Crippen molar-refractivity contribution < 1.29 is 26.3 Å². The Kier molecular flexibility index (Phi) is 3.54. The molecule has 0 aliphatic rings. The molecule has 0 atom stereocenters. The summed E-state index contributed by atoms with van der Waals surface area (Å²) in [6, 6.07) is 7.89. The number of benzene rings is 1. The van der Waals surface area contributed by atoms with E-state index in [1.165, 1.54) is 6.07 Å². The minimum absolute atomic E-state index is 0.0216. The van der Waals surface area contributed by atoms with Gasteiger partial charge < -0.3 is 0 Å². The van der Waals surface area contributed by atoms with Gasteiger partial charge in [-0.1, -0.05) is 18.2 Å². The Balaban J connectivity index is 2.27. The third-order valence-corrected chi connectivity index (χ3v) is 3.42. The number of rotatable bonds is 1. The van der Waals surface area contributed by atoms with Gasteiger partial charge in [-0.3, -0.25) is 0 Å². The molecule has 9 heteroatoms. The topological polar surface area (TPSA) is 30.7 Å². The predicted octanol–water partition coefficient (Wildman–Crippen LogP) is 4.77. The van der Waals surface area contributed by atoms with Gasteiger partial charge in [0.05, 0.1) is 5.52 Å². The van der Waals surface area contributed by atoms with E-state index in [-0.39, 0.29) is 16.6 Å². The molecule has 0 saturated heterocycles. The second-order valence-corrected chi connectivity index (χ2v) is 5.14. The van der Waals surface area contributed by atoms with Crippen molar-refractivity contribution in [3.8, 4) is 5.82 Å². The van der Waals surface area contributed by atoms with Crippen LogP contribution in [0.15, 0.2) is 36.4 Å². The van der Waals surface area contributed by atoms with Crippen LogP contribution in [0.2, 0.25) is 0 Å². The summed E-state index contributed by atoms with van der Waals surface area (Å²) in [6.45, 7) is 1.63. The summed E-state index contributed by atoms with van der Waals surface area (Å²) in [5.41, 5.74) is -2.21. The largest absolute Gasteiger partial charge is 0.435 e. The van der Waals surface area contributed by atoms with Gasteiger partial charge in [0.2, 0.25) is 0 Å². The number of aryl methyl sites for hydroxylation is 1. The predicted molar refractivity (Wildman–Crippen MR) is 73.6 cm³/mol. The van der Waals surface area contributed by atoms with Crippen molar-refractivity contribution >= 4 is 10.9 Å². The zero-order valence-electron chi connectivity index (χ0n) is 12.1. The van der Waals surface area contributed by atoms with Gasteiger partial charge in [0.1, 0.15) is 0 Å². The van der Waals surface area contributed by atoms with Crippen LogP contribution in [-0.4, -0.2) is 14.8 Å². The van der Waals surface area contributed by atoms with Crippen LogP contribution >= 0.6 is 0 Å². The van der Waals surface area contributed by atoms with Gasteiger partial charge >= 0.3 is 12.4 Å². The van der Waals surface area contributed by atoms with Crippen LogP contribution in [0.3, 0.4) is 0 Å². The molecule has 0 aliphatic heterocycles. The highest BCUT2D eigenvalue weighted by atomic mass is 19.4. The fraction of sp³-hybridized carbons (Fsp3) is 0.200. The number of hydrogen-bond donors (Lipinski definition) is 0. The Morgan fingerprint density at radius 2 is 1.58 bits per heavy atom. The lowest BCUT2D eigenvalue weighted by Crippen LogP contribution is -2.14. The highest BCUT2D eigenvalue weighted by Crippen LogP contribution is 2.36. The van der Waals surface area contributed by atoms with Gasteiger partial charge in [-0.05, 0) is 24.6 Å². The average Bonchev–Trinajstić information content (AvgIpc) is 2.92. The van der Waals surface area contributed by atoms with Crippen molar-refractivity contribution in [1.29, 1.82) is 0 Å². The van der Waals surface area contributed by atoms with Gasteiger partial charge in [-0.2, -0.15) is 31.4 Å². The van der Waals surface area contributed by atoms with E-state index in [4.69, 9.17) is 0 Å². The molecule has 1 aromatic carbocycles. The van der Waals surface area contributed by atoms with Crippen molar-refractivity contribution in [1.82, 2.24) is 14.8 Å². The number of pyridine rings is 1. The quantitative estimate of drug-likeness (QED) is 0.595. The Morgan fingerprint density at radius 3 is 2.21 bits per heavy atom. The zero-order valence-corrected chi connectivity index (χ0v) is 12.1. The highest BCUT2D eigenvalue weighted by Gasteiger charge is 2.42. The minimum atomic E-state index is -5.00. The highest BCUT2D eigenvalue weighted by molar-refractivity contribution is 5.82. The summed E-state index contributed by atoms with van der Waals surface area (Å²) in [5.74, 6) is -0.325. The van der Waals surface area contributed by atoms with Crippen LogP contribution in [0, 0.1) is 6.92 Å². The SMILES string of the molecule is Cc1cc(-n2nc(C(F)(F)F)cc2C(F)(F)F)nc2ccccc12. The van der Waals surface area contributed by atoms with Crippen molar-refractivity contribution in [2.45, 2.75) is 19.3 Å². The van der Waals surface area contributed by atoms with Crippen LogP contribution in [0.5, 0.6) is 0 Å². The molecule has 24 heavy (non-hydrogen) atoms. The van der Waals surface area contributed by atoms with E-state index in [9.17, 15) is 26.3 Å². The molecule has 126 valence electrons. The summed E-state index contributed by atoms with van der Waals surface area (Å²) in [5, 5.41) is 3.77. The summed E-state index contributed by atoms with van der Waals surface area (Å²) < 4.78 is 77.7. The molecule has 0 unspecified atom stereocenters. The maximum atomic E-state index is 13.1. The lowest BCUT2D eigenvalue weighted by atomic mass is 10.1. The monoisotopic (exact) mass is 345 g/mol. The van der Waals surface area contributed by atoms with Crippen molar-refractivity contribution in [3.05, 3.63) is 53.3 Å². The fourth-order valence-electron chi connectivity index (χ4n) is 2.34. The molecule has 2 aromatic heterocycles. The lowest BCUT2D eigenvalue weighted by Gasteiger charge is -2.11. The van der Waals surface area contributed by atoms with E-state index in [0.29, 0.717) is 16.5 Å². The van der Waals surface area contributed by atoms with E-state index in [1.54, 1.807) is 31.2 Å². The first kappa shape index (κ1) is 16.3. The van der Waals surface area contributed by atoms with Gasteiger partial charge in [-0.25, -0.2) is 9.67 Å². The van der Waals surface area contributed by atoms with Crippen LogP contribution in [-0.2, 0) is 12.4 Å². The Labute approximate surface area is 131 Å². The number of aromatic nitrogens is 3. The molecule has 3 aromatic rings. The number of nitrogens with zero attached hydrogens (tertiary/aromatic N) is 3. The fourth-order valence-corrected chi connectivity index (χ4v) is 2.34. The van der Waals surface area contributed by atoms with Gasteiger partial charge in [0.25, 0.3) is 0 Å². The van der Waals surface area contributed by atoms with Gasteiger partial charge in [0.15, 0.2) is 17.2 Å². The number of para-hydroxylation sites is 1. The summed E-state index contributed by atoms with van der Waals surface area (Å²) in [7, 11) is 0. The Hall–Kier alpha value is -2.58. The third kappa shape index (κ3) is 2.81. The summed E-state index contributed by atoms with van der Waals surface area (Å²) in [4.78, 5) is 4.01. The molecule has 0 radical (unpaired) electrons. The van der Waals surface area contributed by atoms with E-state index in [1.807, 2.05) is 0 Å². The maximum absolute atomic E-state index is 13.1. The Morgan fingerprint density at radius 1 is 0.917 bits per heavy atom. The van der Waals surface area contributed by atoms with Crippen LogP contribution < -0.4 is 0 Å². The average molecular weight is 345 g/mol. The minimum Gasteiger partial charge on any atom is -0.229 e. The molecule has 3 nitrogen and oxygen atoms in total. The maximum Gasteiger partial charge on any atom is 0.435 e. The van der Waals surface area contributed by atoms with Crippen molar-refractivity contribution in [2.24, 2.45) is 0 Å². The van der Waals surface area contributed by atoms with E-state index >= 15 is 0 Å². The standard InChI is InChI=1S/C15H9F6N3/c1-8-6-13(22-10-5-3-2-4-9(8)10)24-12(15(19,20)21)7-11(23-24)14(16,17)18/h2-7H,1H3. The first-order valence-corrected chi connectivity index (χ1v) is 6.68. The van der Waals surface area contributed by atoms with Crippen LogP contribution in [0.4, 0.5) is 26.3 Å².